The predicted octanol–water partition coefficient (Wildman–Crippen LogP) is 2.77. The Morgan fingerprint density at radius 3 is 2.43 bits per heavy atom. The van der Waals surface area contributed by atoms with Crippen molar-refractivity contribution < 1.29 is 4.79 Å². The first-order valence-electron chi connectivity index (χ1n) is 7.99. The molecule has 1 aliphatic heterocycles. The Bertz CT molecular complexity index is 439. The Morgan fingerprint density at radius 1 is 1.22 bits per heavy atom. The normalized spacial score (nSPS) is 16.8. The van der Waals surface area contributed by atoms with Gasteiger partial charge in [0.05, 0.1) is 5.92 Å². The number of nitrogens with two attached hydrogens (primary N) is 1. The molecule has 3 N–H and O–H groups in total. The van der Waals surface area contributed by atoms with Crippen LogP contribution >= 0.6 is 24.8 Å². The van der Waals surface area contributed by atoms with E-state index in [0.29, 0.717) is 0 Å². The van der Waals surface area contributed by atoms with Gasteiger partial charge in [-0.1, -0.05) is 37.3 Å². The Morgan fingerprint density at radius 2 is 1.83 bits per heavy atom. The Hall–Kier alpha value is -0.810. The van der Waals surface area contributed by atoms with Gasteiger partial charge in [-0.25, -0.2) is 0 Å². The monoisotopic (exact) mass is 361 g/mol. The van der Waals surface area contributed by atoms with Crippen LogP contribution in [-0.4, -0.2) is 37.0 Å². The summed E-state index contributed by atoms with van der Waals surface area (Å²) in [4.78, 5) is 14.6. The fourth-order valence-corrected chi connectivity index (χ4v) is 2.81. The molecular weight excluding hydrogens is 333 g/mol. The van der Waals surface area contributed by atoms with Crippen molar-refractivity contribution in [2.75, 3.05) is 26.2 Å². The van der Waals surface area contributed by atoms with Crippen molar-refractivity contribution in [1.29, 1.82) is 0 Å². The van der Waals surface area contributed by atoms with Crippen molar-refractivity contribution in [1.82, 2.24) is 10.2 Å². The lowest BCUT2D eigenvalue weighted by Gasteiger charge is -2.20. The van der Waals surface area contributed by atoms with E-state index < -0.39 is 0 Å². The summed E-state index contributed by atoms with van der Waals surface area (Å²) in [6.07, 6.45) is 3.64. The largest absolute Gasteiger partial charge is 0.356 e. The van der Waals surface area contributed by atoms with E-state index in [1.54, 1.807) is 0 Å². The van der Waals surface area contributed by atoms with Crippen molar-refractivity contribution in [3.8, 4) is 0 Å². The number of nitrogens with zero attached hydrogens (tertiary/aromatic N) is 1. The summed E-state index contributed by atoms with van der Waals surface area (Å²) in [5.41, 5.74) is 7.19. The second-order valence-corrected chi connectivity index (χ2v) is 5.92. The molecule has 0 saturated carbocycles. The molecule has 1 aliphatic rings. The standard InChI is InChI=1S/C17H27N3O.2ClH/c1-14(16(18)15-8-3-2-4-9-15)17(21)19-10-7-13-20-11-5-6-12-20;;/h2-4,8-9,14,16H,5-7,10-13,18H2,1H3,(H,19,21);2*1H. The van der Waals surface area contributed by atoms with Gasteiger partial charge >= 0.3 is 0 Å². The van der Waals surface area contributed by atoms with E-state index in [4.69, 9.17) is 5.73 Å². The lowest BCUT2D eigenvalue weighted by atomic mass is 9.95. The van der Waals surface area contributed by atoms with Gasteiger partial charge in [0.15, 0.2) is 0 Å². The predicted molar refractivity (Wildman–Crippen MR) is 100 cm³/mol. The number of amides is 1. The minimum absolute atomic E-state index is 0. The molecular formula is C17H29Cl2N3O. The first kappa shape index (κ1) is 22.2. The van der Waals surface area contributed by atoms with Gasteiger partial charge in [-0.3, -0.25) is 4.79 Å². The number of carbonyl (C=O) groups excluding carboxylic acids is 1. The van der Waals surface area contributed by atoms with Crippen molar-refractivity contribution in [3.63, 3.8) is 0 Å². The second-order valence-electron chi connectivity index (χ2n) is 5.92. The number of halogens is 2. The van der Waals surface area contributed by atoms with Gasteiger partial charge in [0.1, 0.15) is 0 Å². The van der Waals surface area contributed by atoms with Crippen LogP contribution in [0, 0.1) is 5.92 Å². The van der Waals surface area contributed by atoms with Gasteiger partial charge < -0.3 is 16.0 Å². The van der Waals surface area contributed by atoms with E-state index in [2.05, 4.69) is 10.2 Å². The maximum absolute atomic E-state index is 12.1. The quantitative estimate of drug-likeness (QED) is 0.734. The highest BCUT2D eigenvalue weighted by molar-refractivity contribution is 5.85. The fraction of sp³-hybridized carbons (Fsp3) is 0.588. The molecule has 0 bridgehead atoms. The average molecular weight is 362 g/mol. The second kappa shape index (κ2) is 11.7. The Kier molecular flexibility index (Phi) is 11.3. The van der Waals surface area contributed by atoms with Gasteiger partial charge in [-0.2, -0.15) is 0 Å². The third-order valence-corrected chi connectivity index (χ3v) is 4.29. The third-order valence-electron chi connectivity index (χ3n) is 4.29. The molecule has 1 heterocycles. The summed E-state index contributed by atoms with van der Waals surface area (Å²) >= 11 is 0. The SMILES string of the molecule is CC(C(=O)NCCCN1CCCC1)C(N)c1ccccc1.Cl.Cl. The summed E-state index contributed by atoms with van der Waals surface area (Å²) in [7, 11) is 0. The van der Waals surface area contributed by atoms with E-state index in [1.807, 2.05) is 37.3 Å². The first-order valence-corrected chi connectivity index (χ1v) is 7.99. The number of nitrogens with one attached hydrogen (secondary N) is 1. The molecule has 2 rings (SSSR count). The lowest BCUT2D eigenvalue weighted by Crippen LogP contribution is -2.36. The topological polar surface area (TPSA) is 58.4 Å². The van der Waals surface area contributed by atoms with Crippen LogP contribution in [0.4, 0.5) is 0 Å². The summed E-state index contributed by atoms with van der Waals surface area (Å²) in [6.45, 7) is 6.14. The lowest BCUT2D eigenvalue weighted by molar-refractivity contribution is -0.125. The van der Waals surface area contributed by atoms with Gasteiger partial charge in [0, 0.05) is 12.6 Å². The molecule has 4 nitrogen and oxygen atoms in total. The zero-order valence-corrected chi connectivity index (χ0v) is 15.4. The van der Waals surface area contributed by atoms with Crippen LogP contribution < -0.4 is 11.1 Å². The van der Waals surface area contributed by atoms with Crippen LogP contribution in [0.5, 0.6) is 0 Å². The Labute approximate surface area is 152 Å². The molecule has 6 heteroatoms. The molecule has 0 aromatic heterocycles. The van der Waals surface area contributed by atoms with E-state index in [0.717, 1.165) is 25.1 Å². The number of rotatable bonds is 7. The number of likely N-dealkylation sites (tertiary alicyclic amines) is 1. The van der Waals surface area contributed by atoms with Gasteiger partial charge in [0.25, 0.3) is 0 Å². The van der Waals surface area contributed by atoms with E-state index in [-0.39, 0.29) is 42.7 Å². The molecule has 23 heavy (non-hydrogen) atoms. The third kappa shape index (κ3) is 7.08. The zero-order valence-electron chi connectivity index (χ0n) is 13.7. The van der Waals surface area contributed by atoms with E-state index in [9.17, 15) is 4.79 Å². The van der Waals surface area contributed by atoms with Crippen LogP contribution in [0.25, 0.3) is 0 Å². The van der Waals surface area contributed by atoms with Crippen LogP contribution in [-0.2, 0) is 4.79 Å². The number of hydrogen-bond acceptors (Lipinski definition) is 3. The summed E-state index contributed by atoms with van der Waals surface area (Å²) in [5.74, 6) is -0.160. The maximum atomic E-state index is 12.1. The smallest absolute Gasteiger partial charge is 0.224 e. The molecule has 0 radical (unpaired) electrons. The Balaban J connectivity index is 0.00000242. The summed E-state index contributed by atoms with van der Waals surface area (Å²) in [5, 5.41) is 3.01. The summed E-state index contributed by atoms with van der Waals surface area (Å²) in [6, 6.07) is 9.57. The molecule has 1 fully saturated rings. The minimum Gasteiger partial charge on any atom is -0.356 e. The number of hydrogen-bond donors (Lipinski definition) is 2. The fourth-order valence-electron chi connectivity index (χ4n) is 2.81. The minimum atomic E-state index is -0.246. The van der Waals surface area contributed by atoms with Crippen molar-refractivity contribution in [2.24, 2.45) is 11.7 Å². The molecule has 1 aromatic carbocycles. The highest BCUT2D eigenvalue weighted by atomic mass is 35.5. The summed E-state index contributed by atoms with van der Waals surface area (Å²) < 4.78 is 0. The molecule has 1 aromatic rings. The molecule has 1 amide bonds. The van der Waals surface area contributed by atoms with Gasteiger partial charge in [-0.15, -0.1) is 24.8 Å². The van der Waals surface area contributed by atoms with Crippen molar-refractivity contribution in [3.05, 3.63) is 35.9 Å². The van der Waals surface area contributed by atoms with Crippen LogP contribution in [0.3, 0.4) is 0 Å². The van der Waals surface area contributed by atoms with Crippen LogP contribution in [0.2, 0.25) is 0 Å². The van der Waals surface area contributed by atoms with Gasteiger partial charge in [-0.05, 0) is 44.5 Å². The van der Waals surface area contributed by atoms with Crippen LogP contribution in [0.15, 0.2) is 30.3 Å². The van der Waals surface area contributed by atoms with Crippen molar-refractivity contribution in [2.45, 2.75) is 32.2 Å². The number of benzene rings is 1. The molecule has 2 atom stereocenters. The average Bonchev–Trinajstić information content (AvgIpc) is 3.04. The maximum Gasteiger partial charge on any atom is 0.224 e. The molecule has 1 saturated heterocycles. The molecule has 132 valence electrons. The zero-order chi connectivity index (χ0) is 15.1. The van der Waals surface area contributed by atoms with E-state index in [1.165, 1.54) is 25.9 Å². The molecule has 2 unspecified atom stereocenters. The van der Waals surface area contributed by atoms with Crippen LogP contribution in [0.1, 0.15) is 37.8 Å². The molecule has 0 spiro atoms. The highest BCUT2D eigenvalue weighted by Gasteiger charge is 2.21. The van der Waals surface area contributed by atoms with E-state index >= 15 is 0 Å². The molecule has 0 aliphatic carbocycles. The van der Waals surface area contributed by atoms with Crippen molar-refractivity contribution >= 4 is 30.7 Å². The van der Waals surface area contributed by atoms with Gasteiger partial charge in [0.2, 0.25) is 5.91 Å². The first-order chi connectivity index (χ1) is 10.2. The number of carbonyl (C=O) groups is 1. The highest BCUT2D eigenvalue weighted by Crippen LogP contribution is 2.18.